The van der Waals surface area contributed by atoms with Gasteiger partial charge in [0.1, 0.15) is 0 Å². The fourth-order valence-corrected chi connectivity index (χ4v) is 2.94. The molecule has 1 aromatic heterocycles. The largest absolute Gasteiger partial charge is 0.451 e. The highest BCUT2D eigenvalue weighted by atomic mass is 32.1. The summed E-state index contributed by atoms with van der Waals surface area (Å²) >= 11 is 1.07. The van der Waals surface area contributed by atoms with Crippen LogP contribution in [0.1, 0.15) is 40.6 Å². The van der Waals surface area contributed by atoms with E-state index in [4.69, 9.17) is 4.74 Å². The first-order chi connectivity index (χ1) is 13.4. The minimum atomic E-state index is -0.777. The average molecular weight is 402 g/mol. The number of anilines is 2. The van der Waals surface area contributed by atoms with Gasteiger partial charge in [-0.3, -0.25) is 14.4 Å². The molecule has 2 aromatic rings. The Morgan fingerprint density at radius 1 is 1.21 bits per heavy atom. The highest BCUT2D eigenvalue weighted by Gasteiger charge is 2.23. The second kappa shape index (κ2) is 8.61. The van der Waals surface area contributed by atoms with Gasteiger partial charge in [-0.25, -0.2) is 9.78 Å². The van der Waals surface area contributed by atoms with Gasteiger partial charge >= 0.3 is 5.97 Å². The number of carbonyl (C=O) groups is 4. The van der Waals surface area contributed by atoms with Crippen molar-refractivity contribution in [3.8, 4) is 0 Å². The van der Waals surface area contributed by atoms with Crippen LogP contribution in [0, 0.1) is 0 Å². The van der Waals surface area contributed by atoms with Crippen molar-refractivity contribution in [2.75, 3.05) is 17.2 Å². The Kier molecular flexibility index (Phi) is 5.99. The second-order valence-corrected chi connectivity index (χ2v) is 7.03. The van der Waals surface area contributed by atoms with E-state index in [2.05, 4.69) is 20.9 Å². The fraction of sp³-hybridized carbons (Fsp3) is 0.278. The first kappa shape index (κ1) is 19.5. The molecule has 3 rings (SSSR count). The maximum Gasteiger partial charge on any atom is 0.358 e. The zero-order valence-electron chi connectivity index (χ0n) is 15.0. The molecule has 1 aliphatic rings. The summed E-state index contributed by atoms with van der Waals surface area (Å²) in [5, 5.41) is 9.59. The molecule has 0 bridgehead atoms. The molecule has 146 valence electrons. The number of thiazole rings is 1. The van der Waals surface area contributed by atoms with E-state index in [-0.39, 0.29) is 28.7 Å². The first-order valence-electron chi connectivity index (χ1n) is 8.52. The number of benzene rings is 1. The van der Waals surface area contributed by atoms with E-state index >= 15 is 0 Å². The summed E-state index contributed by atoms with van der Waals surface area (Å²) in [6.45, 7) is 0.818. The van der Waals surface area contributed by atoms with Gasteiger partial charge in [-0.05, 0) is 31.0 Å². The topological polar surface area (TPSA) is 126 Å². The molecule has 0 saturated heterocycles. The number of nitrogens with one attached hydrogen (secondary N) is 3. The van der Waals surface area contributed by atoms with E-state index in [0.717, 1.165) is 24.2 Å². The summed E-state index contributed by atoms with van der Waals surface area (Å²) in [4.78, 5) is 50.9. The van der Waals surface area contributed by atoms with Crippen molar-refractivity contribution in [3.63, 3.8) is 0 Å². The summed E-state index contributed by atoms with van der Waals surface area (Å²) in [6, 6.07) is 6.73. The molecule has 1 saturated carbocycles. The molecular formula is C18H18N4O5S. The standard InChI is InChI=1S/C18H18N4O5S/c1-10(23)19-18-22-14(9-28-18)17(26)27-8-15(24)20-13-4-2-3-11(7-13)16(25)21-12-5-6-12/h2-4,7,9,12H,5-6,8H2,1H3,(H,20,24)(H,21,25)(H,19,22,23). The number of rotatable bonds is 7. The molecular weight excluding hydrogens is 384 g/mol. The van der Waals surface area contributed by atoms with E-state index in [1.54, 1.807) is 24.3 Å². The Morgan fingerprint density at radius 3 is 2.71 bits per heavy atom. The highest BCUT2D eigenvalue weighted by Crippen LogP contribution is 2.20. The molecule has 1 aliphatic carbocycles. The minimum Gasteiger partial charge on any atom is -0.451 e. The summed E-state index contributed by atoms with van der Waals surface area (Å²) in [5.41, 5.74) is 0.862. The monoisotopic (exact) mass is 402 g/mol. The third-order valence-corrected chi connectivity index (χ3v) is 4.41. The molecule has 0 radical (unpaired) electrons. The van der Waals surface area contributed by atoms with Crippen molar-refractivity contribution in [2.45, 2.75) is 25.8 Å². The third kappa shape index (κ3) is 5.61. The predicted molar refractivity (Wildman–Crippen MR) is 102 cm³/mol. The number of hydrogen-bond donors (Lipinski definition) is 3. The summed E-state index contributed by atoms with van der Waals surface area (Å²) < 4.78 is 4.92. The van der Waals surface area contributed by atoms with E-state index in [1.807, 2.05) is 0 Å². The number of hydrogen-bond acceptors (Lipinski definition) is 7. The minimum absolute atomic E-state index is 0.000273. The van der Waals surface area contributed by atoms with Gasteiger partial charge < -0.3 is 20.7 Å². The molecule has 1 aromatic carbocycles. The van der Waals surface area contributed by atoms with Gasteiger partial charge in [-0.1, -0.05) is 6.07 Å². The van der Waals surface area contributed by atoms with Gasteiger partial charge in [-0.15, -0.1) is 11.3 Å². The molecule has 0 unspecified atom stereocenters. The highest BCUT2D eigenvalue weighted by molar-refractivity contribution is 7.14. The summed E-state index contributed by atoms with van der Waals surface area (Å²) in [7, 11) is 0. The fourth-order valence-electron chi connectivity index (χ4n) is 2.21. The third-order valence-electron chi connectivity index (χ3n) is 3.65. The van der Waals surface area contributed by atoms with Gasteiger partial charge in [0.25, 0.3) is 11.8 Å². The van der Waals surface area contributed by atoms with Crippen LogP contribution in [0.25, 0.3) is 0 Å². The van der Waals surface area contributed by atoms with Crippen molar-refractivity contribution in [1.82, 2.24) is 10.3 Å². The van der Waals surface area contributed by atoms with E-state index in [9.17, 15) is 19.2 Å². The average Bonchev–Trinajstić information content (AvgIpc) is 3.35. The van der Waals surface area contributed by atoms with Crippen LogP contribution >= 0.6 is 11.3 Å². The molecule has 0 atom stereocenters. The van der Waals surface area contributed by atoms with Crippen molar-refractivity contribution in [2.24, 2.45) is 0 Å². The molecule has 0 aliphatic heterocycles. The van der Waals surface area contributed by atoms with Gasteiger partial charge in [0, 0.05) is 29.6 Å². The van der Waals surface area contributed by atoms with Crippen LogP contribution in [-0.2, 0) is 14.3 Å². The maximum absolute atomic E-state index is 12.0. The Bertz CT molecular complexity index is 922. The molecule has 1 fully saturated rings. The smallest absolute Gasteiger partial charge is 0.358 e. The number of aromatic nitrogens is 1. The summed E-state index contributed by atoms with van der Waals surface area (Å²) in [5.74, 6) is -1.82. The number of ether oxygens (including phenoxy) is 1. The lowest BCUT2D eigenvalue weighted by atomic mass is 10.2. The number of amides is 3. The maximum atomic E-state index is 12.0. The lowest BCUT2D eigenvalue weighted by molar-refractivity contribution is -0.119. The van der Waals surface area contributed by atoms with Crippen LogP contribution < -0.4 is 16.0 Å². The lowest BCUT2D eigenvalue weighted by Gasteiger charge is -2.08. The van der Waals surface area contributed by atoms with Crippen LogP contribution in [0.15, 0.2) is 29.6 Å². The zero-order chi connectivity index (χ0) is 20.1. The van der Waals surface area contributed by atoms with Crippen LogP contribution in [-0.4, -0.2) is 41.3 Å². The molecule has 28 heavy (non-hydrogen) atoms. The van der Waals surface area contributed by atoms with Crippen LogP contribution in [0.3, 0.4) is 0 Å². The lowest BCUT2D eigenvalue weighted by Crippen LogP contribution is -2.25. The number of carbonyl (C=O) groups excluding carboxylic acids is 4. The molecule has 1 heterocycles. The van der Waals surface area contributed by atoms with Crippen LogP contribution in [0.5, 0.6) is 0 Å². The predicted octanol–water partition coefficient (Wildman–Crippen LogP) is 1.79. The van der Waals surface area contributed by atoms with Crippen LogP contribution in [0.4, 0.5) is 10.8 Å². The molecule has 10 heteroatoms. The van der Waals surface area contributed by atoms with Crippen molar-refractivity contribution in [3.05, 3.63) is 40.9 Å². The van der Waals surface area contributed by atoms with Crippen molar-refractivity contribution in [1.29, 1.82) is 0 Å². The van der Waals surface area contributed by atoms with Crippen molar-refractivity contribution >= 4 is 45.8 Å². The SMILES string of the molecule is CC(=O)Nc1nc(C(=O)OCC(=O)Nc2cccc(C(=O)NC3CC3)c2)cs1. The molecule has 3 amide bonds. The Labute approximate surface area is 164 Å². The normalized spacial score (nSPS) is 12.8. The quantitative estimate of drug-likeness (QED) is 0.606. The van der Waals surface area contributed by atoms with Gasteiger partial charge in [0.05, 0.1) is 0 Å². The zero-order valence-corrected chi connectivity index (χ0v) is 15.8. The Hall–Kier alpha value is -3.27. The van der Waals surface area contributed by atoms with E-state index in [0.29, 0.717) is 11.3 Å². The van der Waals surface area contributed by atoms with E-state index < -0.39 is 18.5 Å². The van der Waals surface area contributed by atoms with Gasteiger partial charge in [-0.2, -0.15) is 0 Å². The van der Waals surface area contributed by atoms with E-state index in [1.165, 1.54) is 12.3 Å². The Balaban J connectivity index is 1.49. The van der Waals surface area contributed by atoms with Gasteiger partial charge in [0.15, 0.2) is 17.4 Å². The van der Waals surface area contributed by atoms with Crippen LogP contribution in [0.2, 0.25) is 0 Å². The Morgan fingerprint density at radius 2 is 2.00 bits per heavy atom. The molecule has 0 spiro atoms. The van der Waals surface area contributed by atoms with Crippen molar-refractivity contribution < 1.29 is 23.9 Å². The second-order valence-electron chi connectivity index (χ2n) is 6.17. The molecule has 3 N–H and O–H groups in total. The number of esters is 1. The molecule has 9 nitrogen and oxygen atoms in total. The summed E-state index contributed by atoms with van der Waals surface area (Å²) in [6.07, 6.45) is 1.97. The van der Waals surface area contributed by atoms with Gasteiger partial charge in [0.2, 0.25) is 5.91 Å². The number of nitrogens with zero attached hydrogens (tertiary/aromatic N) is 1. The first-order valence-corrected chi connectivity index (χ1v) is 9.39.